The fraction of sp³-hybridized carbons (Fsp3) is 0.892. The van der Waals surface area contributed by atoms with E-state index in [1.165, 1.54) is 193 Å². The summed E-state index contributed by atoms with van der Waals surface area (Å²) in [6, 6.07) is 0. The van der Waals surface area contributed by atoms with Gasteiger partial charge in [-0.05, 0) is 84.3 Å². The first-order valence-electron chi connectivity index (χ1n) is 17.8. The second kappa shape index (κ2) is 38.2. The summed E-state index contributed by atoms with van der Waals surface area (Å²) in [6.45, 7) is 7.19. The van der Waals surface area contributed by atoms with Gasteiger partial charge in [-0.3, -0.25) is 0 Å². The SMILES string of the molecule is CCCCCCCC/C=C\CCCCCCCCN(C)CCCCCCCC/C=C\CCCCCCCC.I. The average molecular weight is 660 g/mol. The van der Waals surface area contributed by atoms with Crippen molar-refractivity contribution in [3.05, 3.63) is 24.3 Å². The largest absolute Gasteiger partial charge is 0.306 e. The first-order valence-corrected chi connectivity index (χ1v) is 17.8. The van der Waals surface area contributed by atoms with Gasteiger partial charge in [-0.2, -0.15) is 0 Å². The molecule has 0 saturated heterocycles. The van der Waals surface area contributed by atoms with Gasteiger partial charge in [0.15, 0.2) is 0 Å². The smallest absolute Gasteiger partial charge is 0.00218 e. The maximum absolute atomic E-state index is 2.57. The van der Waals surface area contributed by atoms with Crippen molar-refractivity contribution in [2.24, 2.45) is 0 Å². The zero-order chi connectivity index (χ0) is 27.6. The second-order valence-corrected chi connectivity index (χ2v) is 12.2. The number of hydrogen-bond donors (Lipinski definition) is 0. The van der Waals surface area contributed by atoms with E-state index in [0.717, 1.165) is 0 Å². The molecular formula is C37H74IN. The monoisotopic (exact) mass is 659 g/mol. The normalized spacial score (nSPS) is 11.8. The minimum atomic E-state index is 0. The van der Waals surface area contributed by atoms with Crippen LogP contribution in [0, 0.1) is 0 Å². The van der Waals surface area contributed by atoms with Crippen molar-refractivity contribution in [2.45, 2.75) is 194 Å². The van der Waals surface area contributed by atoms with Crippen LogP contribution in [0.4, 0.5) is 0 Å². The molecule has 0 atom stereocenters. The number of hydrogen-bond acceptors (Lipinski definition) is 1. The lowest BCUT2D eigenvalue weighted by atomic mass is 10.1. The van der Waals surface area contributed by atoms with Crippen molar-refractivity contribution < 1.29 is 0 Å². The van der Waals surface area contributed by atoms with Gasteiger partial charge in [0.25, 0.3) is 0 Å². The van der Waals surface area contributed by atoms with Gasteiger partial charge in [-0.25, -0.2) is 0 Å². The van der Waals surface area contributed by atoms with Crippen LogP contribution in [0.5, 0.6) is 0 Å². The van der Waals surface area contributed by atoms with Gasteiger partial charge in [0, 0.05) is 0 Å². The zero-order valence-electron chi connectivity index (χ0n) is 27.4. The molecule has 0 aromatic rings. The van der Waals surface area contributed by atoms with E-state index >= 15 is 0 Å². The lowest BCUT2D eigenvalue weighted by molar-refractivity contribution is 0.314. The summed E-state index contributed by atoms with van der Waals surface area (Å²) in [5, 5.41) is 0. The molecule has 0 radical (unpaired) electrons. The molecule has 0 saturated carbocycles. The Bertz CT molecular complexity index is 430. The van der Waals surface area contributed by atoms with Gasteiger partial charge >= 0.3 is 0 Å². The van der Waals surface area contributed by atoms with Crippen LogP contribution in [0.2, 0.25) is 0 Å². The highest BCUT2D eigenvalue weighted by molar-refractivity contribution is 14.0. The minimum absolute atomic E-state index is 0. The van der Waals surface area contributed by atoms with Crippen LogP contribution in [0.15, 0.2) is 24.3 Å². The van der Waals surface area contributed by atoms with E-state index in [1.807, 2.05) is 0 Å². The highest BCUT2D eigenvalue weighted by Crippen LogP contribution is 2.12. The molecule has 0 aliphatic rings. The third-order valence-electron chi connectivity index (χ3n) is 8.10. The standard InChI is InChI=1S/C37H73N.HI/c1-4-6-8-10-12-14-16-18-20-22-24-26-28-30-32-34-36-38(3)37-35-33-31-29-27-25-23-21-19-17-15-13-11-9-7-5-2;/h18-21H,4-17,22-37H2,1-3H3;1H/b20-18-,21-19-;. The van der Waals surface area contributed by atoms with Crippen molar-refractivity contribution in [3.8, 4) is 0 Å². The molecule has 0 amide bonds. The van der Waals surface area contributed by atoms with E-state index in [-0.39, 0.29) is 24.0 Å². The van der Waals surface area contributed by atoms with Crippen molar-refractivity contribution in [1.29, 1.82) is 0 Å². The van der Waals surface area contributed by atoms with Crippen LogP contribution in [0.3, 0.4) is 0 Å². The molecule has 39 heavy (non-hydrogen) atoms. The number of nitrogens with zero attached hydrogens (tertiary/aromatic N) is 1. The maximum atomic E-state index is 2.57. The Morgan fingerprint density at radius 1 is 0.333 bits per heavy atom. The molecule has 0 spiro atoms. The molecule has 0 bridgehead atoms. The summed E-state index contributed by atoms with van der Waals surface area (Å²) >= 11 is 0. The topological polar surface area (TPSA) is 3.24 Å². The first-order chi connectivity index (χ1) is 18.8. The molecule has 0 aromatic heterocycles. The van der Waals surface area contributed by atoms with Crippen molar-refractivity contribution in [1.82, 2.24) is 4.90 Å². The van der Waals surface area contributed by atoms with Crippen LogP contribution in [-0.4, -0.2) is 25.0 Å². The number of rotatable bonds is 32. The fourth-order valence-electron chi connectivity index (χ4n) is 5.37. The molecule has 0 aromatic carbocycles. The summed E-state index contributed by atoms with van der Waals surface area (Å²) < 4.78 is 0. The molecule has 0 unspecified atom stereocenters. The van der Waals surface area contributed by atoms with Crippen molar-refractivity contribution >= 4 is 24.0 Å². The molecule has 2 heteroatoms. The molecular weight excluding hydrogens is 585 g/mol. The molecule has 1 nitrogen and oxygen atoms in total. The van der Waals surface area contributed by atoms with E-state index in [4.69, 9.17) is 0 Å². The summed E-state index contributed by atoms with van der Waals surface area (Å²) in [6.07, 6.45) is 48.9. The Kier molecular flexibility index (Phi) is 40.4. The van der Waals surface area contributed by atoms with E-state index < -0.39 is 0 Å². The summed E-state index contributed by atoms with van der Waals surface area (Å²) in [5.74, 6) is 0. The summed E-state index contributed by atoms with van der Waals surface area (Å²) in [4.78, 5) is 2.57. The third kappa shape index (κ3) is 38.2. The average Bonchev–Trinajstić information content (AvgIpc) is 2.92. The predicted molar refractivity (Wildman–Crippen MR) is 192 cm³/mol. The number of halogens is 1. The molecule has 0 rings (SSSR count). The van der Waals surface area contributed by atoms with Crippen LogP contribution >= 0.6 is 24.0 Å². The lowest BCUT2D eigenvalue weighted by Gasteiger charge is -2.16. The van der Waals surface area contributed by atoms with Gasteiger partial charge in [0.05, 0.1) is 0 Å². The highest BCUT2D eigenvalue weighted by atomic mass is 127. The molecule has 0 aliphatic carbocycles. The Labute approximate surface area is 265 Å². The lowest BCUT2D eigenvalue weighted by Crippen LogP contribution is -2.20. The fourth-order valence-corrected chi connectivity index (χ4v) is 5.37. The Morgan fingerprint density at radius 3 is 0.846 bits per heavy atom. The molecule has 234 valence electrons. The van der Waals surface area contributed by atoms with Crippen molar-refractivity contribution in [2.75, 3.05) is 20.1 Å². The van der Waals surface area contributed by atoms with E-state index in [0.29, 0.717) is 0 Å². The van der Waals surface area contributed by atoms with Crippen LogP contribution in [0.25, 0.3) is 0 Å². The maximum Gasteiger partial charge on any atom is -0.00218 e. The van der Waals surface area contributed by atoms with Crippen LogP contribution in [0.1, 0.15) is 194 Å². The molecule has 0 aliphatic heterocycles. The Balaban J connectivity index is 0. The van der Waals surface area contributed by atoms with Gasteiger partial charge in [-0.1, -0.05) is 154 Å². The first kappa shape index (κ1) is 41.3. The van der Waals surface area contributed by atoms with Crippen LogP contribution < -0.4 is 0 Å². The number of allylic oxidation sites excluding steroid dienone is 4. The van der Waals surface area contributed by atoms with Crippen LogP contribution in [-0.2, 0) is 0 Å². The van der Waals surface area contributed by atoms with Crippen molar-refractivity contribution in [3.63, 3.8) is 0 Å². The third-order valence-corrected chi connectivity index (χ3v) is 8.10. The van der Waals surface area contributed by atoms with E-state index in [9.17, 15) is 0 Å². The predicted octanol–water partition coefficient (Wildman–Crippen LogP) is 13.6. The van der Waals surface area contributed by atoms with Gasteiger partial charge in [-0.15, -0.1) is 24.0 Å². The van der Waals surface area contributed by atoms with Gasteiger partial charge in [0.1, 0.15) is 0 Å². The summed E-state index contributed by atoms with van der Waals surface area (Å²) in [5.41, 5.74) is 0. The van der Waals surface area contributed by atoms with E-state index in [2.05, 4.69) is 50.1 Å². The minimum Gasteiger partial charge on any atom is -0.306 e. The quantitative estimate of drug-likeness (QED) is 0.0395. The Morgan fingerprint density at radius 2 is 0.564 bits per heavy atom. The molecule has 0 fully saturated rings. The molecule has 0 heterocycles. The Hall–Kier alpha value is 0.170. The van der Waals surface area contributed by atoms with E-state index in [1.54, 1.807) is 0 Å². The molecule has 0 N–H and O–H groups in total. The van der Waals surface area contributed by atoms with Gasteiger partial charge < -0.3 is 4.90 Å². The summed E-state index contributed by atoms with van der Waals surface area (Å²) in [7, 11) is 2.33. The highest BCUT2D eigenvalue weighted by Gasteiger charge is 1.99. The van der Waals surface area contributed by atoms with Gasteiger partial charge in [0.2, 0.25) is 0 Å². The second-order valence-electron chi connectivity index (χ2n) is 12.2. The number of unbranched alkanes of at least 4 members (excludes halogenated alkanes) is 24. The zero-order valence-corrected chi connectivity index (χ0v) is 29.7.